The highest BCUT2D eigenvalue weighted by atomic mass is 19.1. The molecule has 0 aliphatic carbocycles. The first-order valence-electron chi connectivity index (χ1n) is 4.18. The first-order valence-corrected chi connectivity index (χ1v) is 4.18. The van der Waals surface area contributed by atoms with Crippen LogP contribution in [0.25, 0.3) is 0 Å². The van der Waals surface area contributed by atoms with E-state index in [9.17, 15) is 9.18 Å². The van der Waals surface area contributed by atoms with Crippen LogP contribution in [0.4, 0.5) is 4.39 Å². The second kappa shape index (κ2) is 5.14. The standard InChI is InChI=1S/C10H10FNO2/c1-8(12-7-13)6-14-10-5-3-2-4-9(10)11/h2-5,8H,6H2,1H3. The van der Waals surface area contributed by atoms with Gasteiger partial charge in [-0.3, -0.25) is 0 Å². The van der Waals surface area contributed by atoms with Crippen LogP contribution in [-0.4, -0.2) is 18.7 Å². The fourth-order valence-corrected chi connectivity index (χ4v) is 0.899. The topological polar surface area (TPSA) is 38.7 Å². The molecule has 1 atom stereocenters. The van der Waals surface area contributed by atoms with Crippen LogP contribution in [-0.2, 0) is 4.79 Å². The van der Waals surface area contributed by atoms with E-state index in [0.717, 1.165) is 0 Å². The number of carbonyl (C=O) groups excluding carboxylic acids is 1. The third kappa shape index (κ3) is 2.99. The molecule has 0 saturated carbocycles. The average Bonchev–Trinajstić information content (AvgIpc) is 2.17. The predicted molar refractivity (Wildman–Crippen MR) is 49.5 cm³/mol. The lowest BCUT2D eigenvalue weighted by atomic mass is 10.3. The Morgan fingerprint density at radius 2 is 2.29 bits per heavy atom. The molecule has 0 aliphatic rings. The lowest BCUT2D eigenvalue weighted by molar-refractivity contribution is 0.283. The van der Waals surface area contributed by atoms with Crippen molar-refractivity contribution >= 4 is 6.08 Å². The molecule has 14 heavy (non-hydrogen) atoms. The largest absolute Gasteiger partial charge is 0.488 e. The Labute approximate surface area is 81.2 Å². The molecule has 0 fully saturated rings. The van der Waals surface area contributed by atoms with Crippen molar-refractivity contribution in [2.75, 3.05) is 6.61 Å². The number of nitrogens with zero attached hydrogens (tertiary/aromatic N) is 1. The minimum Gasteiger partial charge on any atom is -0.488 e. The van der Waals surface area contributed by atoms with Gasteiger partial charge in [0.25, 0.3) is 0 Å². The van der Waals surface area contributed by atoms with Crippen molar-refractivity contribution in [3.63, 3.8) is 0 Å². The molecule has 0 radical (unpaired) electrons. The molecule has 0 saturated heterocycles. The van der Waals surface area contributed by atoms with E-state index in [1.165, 1.54) is 18.2 Å². The van der Waals surface area contributed by atoms with Crippen LogP contribution in [0.15, 0.2) is 29.3 Å². The smallest absolute Gasteiger partial charge is 0.235 e. The summed E-state index contributed by atoms with van der Waals surface area (Å²) < 4.78 is 18.1. The van der Waals surface area contributed by atoms with Crippen molar-refractivity contribution in [1.29, 1.82) is 0 Å². The molecule has 0 aliphatic heterocycles. The zero-order valence-electron chi connectivity index (χ0n) is 7.74. The van der Waals surface area contributed by atoms with Gasteiger partial charge in [-0.05, 0) is 19.1 Å². The van der Waals surface area contributed by atoms with E-state index in [2.05, 4.69) is 4.99 Å². The maximum atomic E-state index is 13.0. The lowest BCUT2D eigenvalue weighted by Gasteiger charge is -2.08. The zero-order chi connectivity index (χ0) is 10.4. The second-order valence-corrected chi connectivity index (χ2v) is 2.81. The van der Waals surface area contributed by atoms with Crippen molar-refractivity contribution in [2.24, 2.45) is 4.99 Å². The van der Waals surface area contributed by atoms with Crippen LogP contribution in [0.2, 0.25) is 0 Å². The van der Waals surface area contributed by atoms with Crippen LogP contribution >= 0.6 is 0 Å². The van der Waals surface area contributed by atoms with Crippen molar-refractivity contribution in [1.82, 2.24) is 0 Å². The summed E-state index contributed by atoms with van der Waals surface area (Å²) in [6.07, 6.45) is 1.42. The van der Waals surface area contributed by atoms with Crippen molar-refractivity contribution in [3.05, 3.63) is 30.1 Å². The Hall–Kier alpha value is -1.67. The Kier molecular flexibility index (Phi) is 3.83. The first kappa shape index (κ1) is 10.4. The fourth-order valence-electron chi connectivity index (χ4n) is 0.899. The number of aliphatic imine (C=N–C) groups is 1. The lowest BCUT2D eigenvalue weighted by Crippen LogP contribution is -2.11. The molecule has 1 aromatic carbocycles. The van der Waals surface area contributed by atoms with Gasteiger partial charge in [0.15, 0.2) is 11.6 Å². The maximum Gasteiger partial charge on any atom is 0.235 e. The summed E-state index contributed by atoms with van der Waals surface area (Å²) >= 11 is 0. The molecule has 4 heteroatoms. The van der Waals surface area contributed by atoms with Gasteiger partial charge < -0.3 is 4.74 Å². The van der Waals surface area contributed by atoms with Crippen molar-refractivity contribution in [2.45, 2.75) is 13.0 Å². The van der Waals surface area contributed by atoms with E-state index in [4.69, 9.17) is 4.74 Å². The number of isocyanates is 1. The number of hydrogen-bond acceptors (Lipinski definition) is 3. The van der Waals surface area contributed by atoms with Gasteiger partial charge in [-0.1, -0.05) is 12.1 Å². The fraction of sp³-hybridized carbons (Fsp3) is 0.300. The Morgan fingerprint density at radius 1 is 1.57 bits per heavy atom. The summed E-state index contributed by atoms with van der Waals surface area (Å²) in [5.41, 5.74) is 0. The Morgan fingerprint density at radius 3 is 2.93 bits per heavy atom. The molecule has 1 rings (SSSR count). The van der Waals surface area contributed by atoms with E-state index in [-0.39, 0.29) is 18.4 Å². The molecular formula is C10H10FNO2. The van der Waals surface area contributed by atoms with Crippen molar-refractivity contribution < 1.29 is 13.9 Å². The van der Waals surface area contributed by atoms with Gasteiger partial charge in [-0.2, -0.15) is 4.99 Å². The van der Waals surface area contributed by atoms with Gasteiger partial charge in [0, 0.05) is 0 Å². The predicted octanol–water partition coefficient (Wildman–Crippen LogP) is 1.93. The monoisotopic (exact) mass is 195 g/mol. The van der Waals surface area contributed by atoms with Crippen LogP contribution in [0.1, 0.15) is 6.92 Å². The number of benzene rings is 1. The normalized spacial score (nSPS) is 11.6. The number of rotatable bonds is 4. The minimum absolute atomic E-state index is 0.163. The summed E-state index contributed by atoms with van der Waals surface area (Å²) in [6, 6.07) is 5.77. The van der Waals surface area contributed by atoms with E-state index < -0.39 is 5.82 Å². The van der Waals surface area contributed by atoms with E-state index in [1.54, 1.807) is 19.1 Å². The molecule has 1 aromatic rings. The third-order valence-electron chi connectivity index (χ3n) is 1.59. The molecule has 1 unspecified atom stereocenters. The summed E-state index contributed by atoms with van der Waals surface area (Å²) in [4.78, 5) is 13.3. The van der Waals surface area contributed by atoms with Crippen molar-refractivity contribution in [3.8, 4) is 5.75 Å². The highest BCUT2D eigenvalue weighted by Gasteiger charge is 2.04. The molecule has 3 nitrogen and oxygen atoms in total. The van der Waals surface area contributed by atoms with Gasteiger partial charge in [0.05, 0.1) is 6.04 Å². The summed E-state index contributed by atoms with van der Waals surface area (Å²) in [7, 11) is 0. The highest BCUT2D eigenvalue weighted by molar-refractivity contribution is 5.33. The number of hydrogen-bond donors (Lipinski definition) is 0. The molecule has 0 amide bonds. The molecule has 0 N–H and O–H groups in total. The molecule has 0 aromatic heterocycles. The zero-order valence-corrected chi connectivity index (χ0v) is 7.74. The van der Waals surface area contributed by atoms with Gasteiger partial charge in [0.1, 0.15) is 6.61 Å². The van der Waals surface area contributed by atoms with Crippen LogP contribution in [0.5, 0.6) is 5.75 Å². The minimum atomic E-state index is -0.421. The number of ether oxygens (including phenoxy) is 1. The van der Waals surface area contributed by atoms with E-state index in [0.29, 0.717) is 0 Å². The van der Waals surface area contributed by atoms with Gasteiger partial charge in [-0.15, -0.1) is 0 Å². The van der Waals surface area contributed by atoms with Crippen LogP contribution < -0.4 is 4.74 Å². The Balaban J connectivity index is 2.53. The van der Waals surface area contributed by atoms with Crippen LogP contribution in [0, 0.1) is 5.82 Å². The van der Waals surface area contributed by atoms with Gasteiger partial charge >= 0.3 is 0 Å². The second-order valence-electron chi connectivity index (χ2n) is 2.81. The van der Waals surface area contributed by atoms with E-state index in [1.807, 2.05) is 0 Å². The summed E-state index contributed by atoms with van der Waals surface area (Å²) in [5.74, 6) is -0.254. The number of para-hydroxylation sites is 1. The maximum absolute atomic E-state index is 13.0. The SMILES string of the molecule is CC(COc1ccccc1F)N=C=O. The molecule has 0 spiro atoms. The van der Waals surface area contributed by atoms with E-state index >= 15 is 0 Å². The summed E-state index contributed by atoms with van der Waals surface area (Å²) in [5, 5.41) is 0. The van der Waals surface area contributed by atoms with Gasteiger partial charge in [-0.25, -0.2) is 9.18 Å². The summed E-state index contributed by atoms with van der Waals surface area (Å²) in [6.45, 7) is 1.85. The molecule has 0 heterocycles. The molecule has 0 bridgehead atoms. The molecule has 74 valence electrons. The highest BCUT2D eigenvalue weighted by Crippen LogP contribution is 2.15. The van der Waals surface area contributed by atoms with Crippen LogP contribution in [0.3, 0.4) is 0 Å². The average molecular weight is 195 g/mol. The quantitative estimate of drug-likeness (QED) is 0.544. The molecular weight excluding hydrogens is 185 g/mol. The number of halogens is 1. The van der Waals surface area contributed by atoms with Gasteiger partial charge in [0.2, 0.25) is 6.08 Å². The third-order valence-corrected chi connectivity index (χ3v) is 1.59. The Bertz CT molecular complexity index is 348. The first-order chi connectivity index (χ1) is 6.74.